The fourth-order valence-electron chi connectivity index (χ4n) is 18.3. The van der Waals surface area contributed by atoms with E-state index in [1.54, 1.807) is 163 Å². The van der Waals surface area contributed by atoms with Gasteiger partial charge >= 0.3 is 0 Å². The Morgan fingerprint density at radius 2 is 0.733 bits per heavy atom. The van der Waals surface area contributed by atoms with E-state index in [9.17, 15) is 75.1 Å². The van der Waals surface area contributed by atoms with Gasteiger partial charge in [0.1, 0.15) is 113 Å². The fraction of sp³-hybridized carbons (Fsp3) is 0.238. The highest BCUT2D eigenvalue weighted by molar-refractivity contribution is 9.11. The highest BCUT2D eigenvalue weighted by Gasteiger charge is 2.45. The molecule has 150 heavy (non-hydrogen) atoms. The number of amides is 9. The van der Waals surface area contributed by atoms with E-state index in [2.05, 4.69) is 129 Å². The number of pyridine rings is 5. The SMILES string of the molecule is CC(=O)c1cn(CC(=O)N2C[C@H](F)C[C@H]2C(=O)Nc2cccc(Br)n2)c2ccc(-c3cnc(C)nc3)cc12.CC(=O)c1cn(CC(=O)N2C[C@H](F)C[C@H]2C(=O)Nc2cccc(Br)n2)c2ccc(-c3cnc(C)nc3)cc12.CC(=O)c1cn(CC(=O)N2C[C@H](F)C[C@H]2C(=O)Nc2cncc(Br)c2)c2ccc(-c3cccnc3)cc12.NC(=O)c1nn(CC(=O)N2C[C@H](F)C[C@H]2C(=O)Nc2cncc(Cl)n2)c2ccc(-c3cccnc3)cc12. The van der Waals surface area contributed by atoms with Gasteiger partial charge in [0.25, 0.3) is 5.91 Å². The van der Waals surface area contributed by atoms with Gasteiger partial charge in [-0.15, -0.1) is 0 Å². The fourth-order valence-corrected chi connectivity index (χ4v) is 19.5. The minimum atomic E-state index is -1.39. The van der Waals surface area contributed by atoms with E-state index < -0.39 is 102 Å². The maximum atomic E-state index is 14.4. The molecule has 0 aliphatic carbocycles. The molecule has 6 N–H and O–H groups in total. The molecule has 4 aliphatic heterocycles. The van der Waals surface area contributed by atoms with Crippen molar-refractivity contribution in [1.82, 2.24) is 97.9 Å². The van der Waals surface area contributed by atoms with E-state index in [0.717, 1.165) is 49.4 Å². The highest BCUT2D eigenvalue weighted by Crippen LogP contribution is 2.37. The van der Waals surface area contributed by atoms with Crippen molar-refractivity contribution in [3.63, 3.8) is 0 Å². The number of Topliss-reactive ketones (excluding diaryl/α,β-unsaturated/α-hetero) is 3. The Hall–Kier alpha value is -16.4. The van der Waals surface area contributed by atoms with Gasteiger partial charge in [0.05, 0.1) is 56.0 Å². The summed E-state index contributed by atoms with van der Waals surface area (Å²) in [5, 5.41) is 17.4. The van der Waals surface area contributed by atoms with Crippen LogP contribution in [0.2, 0.25) is 5.15 Å². The normalized spacial score (nSPS) is 17.2. The number of aromatic nitrogens is 16. The van der Waals surface area contributed by atoms with Crippen molar-refractivity contribution in [2.75, 3.05) is 47.4 Å². The van der Waals surface area contributed by atoms with Crippen molar-refractivity contribution < 1.29 is 75.1 Å². The second kappa shape index (κ2) is 46.0. The average Bonchev–Trinajstić information content (AvgIpc) is 1.62. The van der Waals surface area contributed by atoms with Gasteiger partial charge < -0.3 is 60.3 Å². The Balaban J connectivity index is 0.000000136. The summed E-state index contributed by atoms with van der Waals surface area (Å²) in [6, 6.07) is 37.3. The summed E-state index contributed by atoms with van der Waals surface area (Å²) >= 11 is 15.6. The third-order valence-electron chi connectivity index (χ3n) is 25.4. The van der Waals surface area contributed by atoms with E-state index in [0.29, 0.717) is 103 Å². The van der Waals surface area contributed by atoms with Gasteiger partial charge in [-0.05, 0) is 196 Å². The molecule has 4 aromatic carbocycles. The molecular formula is C105H91Br3ClF4N25O12. The number of halogens is 8. The number of primary amides is 1. The number of anilines is 4. The molecule has 0 radical (unpaired) electrons. The van der Waals surface area contributed by atoms with Crippen molar-refractivity contribution in [1.29, 1.82) is 0 Å². The second-order valence-corrected chi connectivity index (χ2v) is 38.8. The molecule has 0 spiro atoms. The average molecular weight is 2250 g/mol. The molecule has 0 saturated carbocycles. The summed E-state index contributed by atoms with van der Waals surface area (Å²) in [5.41, 5.74) is 16.6. The topological polar surface area (TPSA) is 466 Å². The van der Waals surface area contributed by atoms with Crippen LogP contribution in [-0.4, -0.2) is 243 Å². The molecule has 0 bridgehead atoms. The summed E-state index contributed by atoms with van der Waals surface area (Å²) < 4.78 is 65.7. The first-order valence-corrected chi connectivity index (χ1v) is 49.7. The van der Waals surface area contributed by atoms with Crippen LogP contribution in [0.15, 0.2) is 246 Å². The molecule has 12 aromatic heterocycles. The van der Waals surface area contributed by atoms with Crippen LogP contribution in [0.25, 0.3) is 88.1 Å². The molecule has 0 unspecified atom stereocenters. The van der Waals surface area contributed by atoms with Crippen molar-refractivity contribution in [2.45, 2.75) is 135 Å². The van der Waals surface area contributed by atoms with Crippen LogP contribution in [0.3, 0.4) is 0 Å². The van der Waals surface area contributed by atoms with E-state index in [1.807, 2.05) is 78.9 Å². The quantitative estimate of drug-likeness (QED) is 0.0213. The number of aryl methyl sites for hydroxylation is 2. The number of nitrogens with zero attached hydrogens (tertiary/aromatic N) is 20. The van der Waals surface area contributed by atoms with Crippen LogP contribution in [0.5, 0.6) is 0 Å². The predicted octanol–water partition coefficient (Wildman–Crippen LogP) is 15.5. The van der Waals surface area contributed by atoms with Crippen molar-refractivity contribution in [2.24, 2.45) is 5.73 Å². The van der Waals surface area contributed by atoms with Crippen LogP contribution in [0.1, 0.15) is 99.7 Å². The van der Waals surface area contributed by atoms with E-state index in [-0.39, 0.29) is 112 Å². The number of hydrogen-bond acceptors (Lipinski definition) is 24. The maximum absolute atomic E-state index is 14.4. The molecule has 4 fully saturated rings. The molecule has 4 saturated heterocycles. The smallest absolute Gasteiger partial charge is 0.269 e. The molecule has 4 aliphatic rings. The van der Waals surface area contributed by atoms with Crippen molar-refractivity contribution >= 4 is 197 Å². The number of nitrogens with one attached hydrogen (secondary N) is 4. The number of benzene rings is 4. The zero-order chi connectivity index (χ0) is 106. The Kier molecular flexibility index (Phi) is 32.2. The number of fused-ring (bicyclic) bond motifs is 4. The Morgan fingerprint density at radius 1 is 0.373 bits per heavy atom. The van der Waals surface area contributed by atoms with Gasteiger partial charge in [-0.2, -0.15) is 5.10 Å². The Morgan fingerprint density at radius 3 is 1.09 bits per heavy atom. The maximum Gasteiger partial charge on any atom is 0.269 e. The number of alkyl halides is 4. The van der Waals surface area contributed by atoms with Crippen LogP contribution in [0.4, 0.5) is 40.7 Å². The zero-order valence-electron chi connectivity index (χ0n) is 80.5. The Labute approximate surface area is 882 Å². The molecule has 16 aromatic rings. The summed E-state index contributed by atoms with van der Waals surface area (Å²) in [5.74, 6) is -3.09. The molecule has 20 rings (SSSR count). The number of ketones is 3. The van der Waals surface area contributed by atoms with Crippen molar-refractivity contribution in [3.05, 3.63) is 285 Å². The summed E-state index contributed by atoms with van der Waals surface area (Å²) in [6.45, 7) is 6.45. The Bertz CT molecular complexity index is 7510. The van der Waals surface area contributed by atoms with E-state index in [4.69, 9.17) is 17.3 Å². The van der Waals surface area contributed by atoms with Gasteiger partial charge in [-0.1, -0.05) is 60.1 Å². The van der Waals surface area contributed by atoms with Crippen molar-refractivity contribution in [3.8, 4) is 44.5 Å². The highest BCUT2D eigenvalue weighted by atomic mass is 79.9. The lowest BCUT2D eigenvalue weighted by molar-refractivity contribution is -0.137. The molecule has 8 atom stereocenters. The van der Waals surface area contributed by atoms with E-state index in [1.165, 1.54) is 58.7 Å². The number of carbonyl (C=O) groups excluding carboxylic acids is 12. The molecule has 16 heterocycles. The first-order chi connectivity index (χ1) is 72.0. The van der Waals surface area contributed by atoms with Gasteiger partial charge in [-0.25, -0.2) is 52.4 Å². The third kappa shape index (κ3) is 24.4. The zero-order valence-corrected chi connectivity index (χ0v) is 86.0. The van der Waals surface area contributed by atoms with E-state index >= 15 is 0 Å². The summed E-state index contributed by atoms with van der Waals surface area (Å²) in [7, 11) is 0. The lowest BCUT2D eigenvalue weighted by atomic mass is 10.0. The molecular weight excluding hydrogens is 2150 g/mol. The molecule has 45 heteroatoms. The third-order valence-corrected chi connectivity index (χ3v) is 26.9. The second-order valence-electron chi connectivity index (χ2n) is 35.8. The lowest BCUT2D eigenvalue weighted by Crippen LogP contribution is -2.44. The monoisotopic (exact) mass is 2240 g/mol. The van der Waals surface area contributed by atoms with Crippen LogP contribution in [-0.2, 0) is 64.5 Å². The summed E-state index contributed by atoms with van der Waals surface area (Å²) in [6.07, 6.45) is 18.4. The minimum Gasteiger partial charge on any atom is -0.364 e. The van der Waals surface area contributed by atoms with Crippen LogP contribution >= 0.6 is 59.4 Å². The molecule has 9 amide bonds. The number of likely N-dealkylation sites (tertiary alicyclic amines) is 4. The van der Waals surface area contributed by atoms with Crippen LogP contribution < -0.4 is 27.0 Å². The first-order valence-electron chi connectivity index (χ1n) is 46.9. The number of nitrogens with two attached hydrogens (primary N) is 1. The number of carbonyl (C=O) groups is 12. The lowest BCUT2D eigenvalue weighted by Gasteiger charge is -2.24. The summed E-state index contributed by atoms with van der Waals surface area (Å²) in [4.78, 5) is 205. The molecule has 764 valence electrons. The predicted molar refractivity (Wildman–Crippen MR) is 559 cm³/mol. The van der Waals surface area contributed by atoms with Gasteiger partial charge in [0.15, 0.2) is 28.9 Å². The standard InChI is InChI=1S/2C27H24BrFN6O3.C27H23BrFN5O3.C24H20ClFN8O3/c2*1-15(36)21-13-34(22-7-6-17(8-20(21)22)18-10-30-16(2)31-11-18)14-26(37)35-12-19(29)9-23(35)27(38)33-25-5-3-4-24(28)32-25;1-16(35)23-14-33(24-5-4-17(7-22(23)24)18-3-2-6-30-10-18)15-26(36)34-13-20(29)9-25(34)27(37)32-21-8-19(28)11-31-12-21;25-19-9-29-10-20(30-19)31-24(37)18-7-15(26)11-33(18)21(35)12-34-17-4-3-13(14-2-1-5-28-8-14)6-16(17)22(32-34)23(27)36/h2*3-8,10-11,13,19,23H,9,12,14H2,1-2H3,(H,32,33,38);2-8,10-12,14,20,25H,9,13,15H2,1H3,(H,32,37);1-6,8-10,15,18H,7,11-12H2,(H2,27,36)(H,30,31,37)/t2*19-,23+;20-,25+;15-,18+/m1111/s1. The number of hydrogen-bond donors (Lipinski definition) is 5. The largest absolute Gasteiger partial charge is 0.364 e. The molecule has 37 nitrogen and oxygen atoms in total. The minimum absolute atomic E-state index is 0.00726. The number of rotatable bonds is 24. The van der Waals surface area contributed by atoms with Gasteiger partial charge in [0.2, 0.25) is 47.3 Å². The van der Waals surface area contributed by atoms with Crippen LogP contribution in [0, 0.1) is 13.8 Å². The van der Waals surface area contributed by atoms with Gasteiger partial charge in [0, 0.05) is 182 Å². The first kappa shape index (κ1) is 105. The van der Waals surface area contributed by atoms with Gasteiger partial charge in [-0.3, -0.25) is 82.2 Å².